The van der Waals surface area contributed by atoms with Gasteiger partial charge in [-0.2, -0.15) is 0 Å². The molecular weight excluding hydrogens is 292 g/mol. The van der Waals surface area contributed by atoms with Crippen molar-refractivity contribution in [2.75, 3.05) is 7.11 Å². The molecule has 21 heavy (non-hydrogen) atoms. The maximum absolute atomic E-state index is 12.5. The number of esters is 1. The van der Waals surface area contributed by atoms with E-state index in [-0.39, 0.29) is 6.04 Å². The van der Waals surface area contributed by atoms with Crippen molar-refractivity contribution in [1.29, 1.82) is 0 Å². The van der Waals surface area contributed by atoms with Crippen molar-refractivity contribution in [2.45, 2.75) is 37.5 Å². The maximum atomic E-state index is 12.5. The number of sulfonamides is 1. The van der Waals surface area contributed by atoms with Crippen LogP contribution in [0, 0.1) is 5.92 Å². The lowest BCUT2D eigenvalue weighted by atomic mass is 10.1. The Morgan fingerprint density at radius 1 is 1.48 bits per heavy atom. The van der Waals surface area contributed by atoms with Crippen molar-refractivity contribution in [3.63, 3.8) is 0 Å². The quantitative estimate of drug-likeness (QED) is 0.831. The van der Waals surface area contributed by atoms with E-state index >= 15 is 0 Å². The molecule has 1 aromatic rings. The maximum Gasteiger partial charge on any atom is 0.310 e. The van der Waals surface area contributed by atoms with Gasteiger partial charge in [0, 0.05) is 18.4 Å². The van der Waals surface area contributed by atoms with E-state index in [1.54, 1.807) is 25.4 Å². The number of ether oxygens (including phenoxy) is 1. The highest BCUT2D eigenvalue weighted by Gasteiger charge is 2.42. The van der Waals surface area contributed by atoms with E-state index in [0.29, 0.717) is 19.3 Å². The molecule has 6 nitrogen and oxygen atoms in total. The van der Waals surface area contributed by atoms with Crippen molar-refractivity contribution < 1.29 is 17.9 Å². The van der Waals surface area contributed by atoms with Gasteiger partial charge >= 0.3 is 5.97 Å². The summed E-state index contributed by atoms with van der Waals surface area (Å²) in [4.78, 5) is 15.7. The van der Waals surface area contributed by atoms with Crippen LogP contribution >= 0.6 is 0 Å². The number of hydrogen-bond donors (Lipinski definition) is 1. The monoisotopic (exact) mass is 312 g/mol. The first-order chi connectivity index (χ1) is 9.95. The Morgan fingerprint density at radius 3 is 2.86 bits per heavy atom. The Morgan fingerprint density at radius 2 is 2.24 bits per heavy atom. The standard InChI is InChI=1S/C14H20N2O4S/c1-10(11-5-4-8-15-9-11)16-21(18,19)13-7-3-6-12(13)14(17)20-2/h4-5,8-10,12-13,16H,3,6-7H2,1-2H3/t10-,12?,13?/m1/s1. The van der Waals surface area contributed by atoms with Crippen LogP contribution in [-0.4, -0.2) is 31.7 Å². The number of methoxy groups -OCH3 is 1. The van der Waals surface area contributed by atoms with Crippen LogP contribution in [0.4, 0.5) is 0 Å². The molecule has 1 aliphatic rings. The van der Waals surface area contributed by atoms with Crippen molar-refractivity contribution in [3.8, 4) is 0 Å². The minimum absolute atomic E-state index is 0.386. The van der Waals surface area contributed by atoms with Gasteiger partial charge in [-0.25, -0.2) is 13.1 Å². The largest absolute Gasteiger partial charge is 0.469 e. The second-order valence-electron chi connectivity index (χ2n) is 5.27. The molecule has 1 aliphatic carbocycles. The highest BCUT2D eigenvalue weighted by atomic mass is 32.2. The molecule has 116 valence electrons. The molecule has 2 rings (SSSR count). The fraction of sp³-hybridized carbons (Fsp3) is 0.571. The highest BCUT2D eigenvalue weighted by Crippen LogP contribution is 2.32. The summed E-state index contributed by atoms with van der Waals surface area (Å²) in [7, 11) is -2.30. The fourth-order valence-corrected chi connectivity index (χ4v) is 4.71. The summed E-state index contributed by atoms with van der Waals surface area (Å²) in [5.74, 6) is -1.02. The molecule has 0 bridgehead atoms. The van der Waals surface area contributed by atoms with Gasteiger partial charge in [0.25, 0.3) is 0 Å². The first kappa shape index (κ1) is 15.9. The number of carbonyl (C=O) groups is 1. The minimum atomic E-state index is -3.59. The van der Waals surface area contributed by atoms with Crippen molar-refractivity contribution in [3.05, 3.63) is 30.1 Å². The fourth-order valence-electron chi connectivity index (χ4n) is 2.75. The molecule has 1 aromatic heterocycles. The number of carbonyl (C=O) groups excluding carboxylic acids is 1. The lowest BCUT2D eigenvalue weighted by molar-refractivity contribution is -0.145. The Balaban J connectivity index is 2.13. The predicted molar refractivity (Wildman–Crippen MR) is 77.9 cm³/mol. The number of nitrogens with one attached hydrogen (secondary N) is 1. The van der Waals surface area contributed by atoms with E-state index in [1.807, 2.05) is 6.07 Å². The lowest BCUT2D eigenvalue weighted by Crippen LogP contribution is -2.40. The van der Waals surface area contributed by atoms with Crippen molar-refractivity contribution >= 4 is 16.0 Å². The molecule has 0 spiro atoms. The van der Waals surface area contributed by atoms with Gasteiger partial charge in [-0.1, -0.05) is 12.5 Å². The van der Waals surface area contributed by atoms with Crippen LogP contribution in [0.25, 0.3) is 0 Å². The van der Waals surface area contributed by atoms with Crippen LogP contribution in [0.15, 0.2) is 24.5 Å². The molecule has 1 saturated carbocycles. The molecule has 0 radical (unpaired) electrons. The number of rotatable bonds is 5. The van der Waals surface area contributed by atoms with Crippen LogP contribution in [-0.2, 0) is 19.6 Å². The number of hydrogen-bond acceptors (Lipinski definition) is 5. The first-order valence-corrected chi connectivity index (χ1v) is 8.49. The first-order valence-electron chi connectivity index (χ1n) is 6.94. The lowest BCUT2D eigenvalue weighted by Gasteiger charge is -2.21. The average molecular weight is 312 g/mol. The second-order valence-corrected chi connectivity index (χ2v) is 7.20. The van der Waals surface area contributed by atoms with E-state index in [9.17, 15) is 13.2 Å². The summed E-state index contributed by atoms with van der Waals surface area (Å²) in [5.41, 5.74) is 0.786. The third-order valence-electron chi connectivity index (χ3n) is 3.88. The predicted octanol–water partition coefficient (Wildman–Crippen LogP) is 1.40. The molecule has 3 atom stereocenters. The summed E-state index contributed by atoms with van der Waals surface area (Å²) in [6, 6.07) is 3.18. The normalized spacial score (nSPS) is 23.7. The van der Waals surface area contributed by atoms with Gasteiger partial charge in [0.05, 0.1) is 18.3 Å². The molecule has 0 aromatic carbocycles. The summed E-state index contributed by atoms with van der Waals surface area (Å²) in [6.45, 7) is 1.76. The average Bonchev–Trinajstić information content (AvgIpc) is 2.97. The van der Waals surface area contributed by atoms with Gasteiger partial charge in [-0.05, 0) is 31.4 Å². The van der Waals surface area contributed by atoms with Crippen molar-refractivity contribution in [2.24, 2.45) is 5.92 Å². The van der Waals surface area contributed by atoms with Gasteiger partial charge in [-0.15, -0.1) is 0 Å². The topological polar surface area (TPSA) is 85.4 Å². The minimum Gasteiger partial charge on any atom is -0.469 e. The SMILES string of the molecule is COC(=O)C1CCCC1S(=O)(=O)N[C@H](C)c1cccnc1. The molecule has 0 saturated heterocycles. The van der Waals surface area contributed by atoms with Crippen LogP contribution in [0.5, 0.6) is 0 Å². The van der Waals surface area contributed by atoms with E-state index in [0.717, 1.165) is 5.56 Å². The van der Waals surface area contributed by atoms with Crippen LogP contribution < -0.4 is 4.72 Å². The number of nitrogens with zero attached hydrogens (tertiary/aromatic N) is 1. The summed E-state index contributed by atoms with van der Waals surface area (Å²) >= 11 is 0. The van der Waals surface area contributed by atoms with E-state index in [1.165, 1.54) is 7.11 Å². The van der Waals surface area contributed by atoms with Gasteiger partial charge in [0.1, 0.15) is 0 Å². The van der Waals surface area contributed by atoms with Crippen molar-refractivity contribution in [1.82, 2.24) is 9.71 Å². The van der Waals surface area contributed by atoms with E-state index < -0.39 is 27.2 Å². The van der Waals surface area contributed by atoms with E-state index in [4.69, 9.17) is 4.74 Å². The van der Waals surface area contributed by atoms with Gasteiger partial charge < -0.3 is 4.74 Å². The Hall–Kier alpha value is -1.47. The Kier molecular flexibility index (Phi) is 4.95. The third kappa shape index (κ3) is 3.59. The zero-order chi connectivity index (χ0) is 15.5. The second kappa shape index (κ2) is 6.53. The molecule has 2 unspecified atom stereocenters. The third-order valence-corrected chi connectivity index (χ3v) is 5.92. The Bertz CT molecular complexity index is 588. The molecule has 0 amide bonds. The van der Waals surface area contributed by atoms with Gasteiger partial charge in [-0.3, -0.25) is 9.78 Å². The van der Waals surface area contributed by atoms with E-state index in [2.05, 4.69) is 9.71 Å². The summed E-state index contributed by atoms with van der Waals surface area (Å²) in [5, 5.41) is -0.718. The van der Waals surface area contributed by atoms with Crippen LogP contribution in [0.2, 0.25) is 0 Å². The zero-order valence-electron chi connectivity index (χ0n) is 12.2. The highest BCUT2D eigenvalue weighted by molar-refractivity contribution is 7.90. The molecule has 1 heterocycles. The molecule has 1 fully saturated rings. The Labute approximate surface area is 125 Å². The molecular formula is C14H20N2O4S. The summed E-state index contributed by atoms with van der Waals surface area (Å²) in [6.07, 6.45) is 5.01. The molecule has 7 heteroatoms. The smallest absolute Gasteiger partial charge is 0.310 e. The van der Waals surface area contributed by atoms with Gasteiger partial charge in [0.2, 0.25) is 10.0 Å². The molecule has 1 N–H and O–H groups in total. The zero-order valence-corrected chi connectivity index (χ0v) is 13.0. The summed E-state index contributed by atoms with van der Waals surface area (Å²) < 4.78 is 32.4. The van der Waals surface area contributed by atoms with Crippen LogP contribution in [0.3, 0.4) is 0 Å². The van der Waals surface area contributed by atoms with Gasteiger partial charge in [0.15, 0.2) is 0 Å². The molecule has 0 aliphatic heterocycles. The van der Waals surface area contributed by atoms with Crippen LogP contribution in [0.1, 0.15) is 37.8 Å². The number of pyridine rings is 1. The number of aromatic nitrogens is 1.